The Labute approximate surface area is 127 Å². The monoisotopic (exact) mass is 313 g/mol. The highest BCUT2D eigenvalue weighted by Crippen LogP contribution is 2.24. The molecular weight excluding hydrogens is 301 g/mol. The fourth-order valence-electron chi connectivity index (χ4n) is 1.70. The van der Waals surface area contributed by atoms with Crippen LogP contribution >= 0.6 is 35.4 Å². The van der Waals surface area contributed by atoms with E-state index in [4.69, 9.17) is 35.4 Å². The third kappa shape index (κ3) is 4.20. The van der Waals surface area contributed by atoms with Crippen molar-refractivity contribution in [2.24, 2.45) is 5.10 Å². The number of anilines is 1. The summed E-state index contributed by atoms with van der Waals surface area (Å²) in [4.78, 5) is 0. The first-order valence-electron chi connectivity index (χ1n) is 5.80. The Morgan fingerprint density at radius 3 is 2.68 bits per heavy atom. The van der Waals surface area contributed by atoms with Gasteiger partial charge >= 0.3 is 0 Å². The Morgan fingerprint density at radius 2 is 2.05 bits per heavy atom. The summed E-state index contributed by atoms with van der Waals surface area (Å²) >= 11 is 16.9. The van der Waals surface area contributed by atoms with Crippen LogP contribution in [0.25, 0.3) is 0 Å². The summed E-state index contributed by atoms with van der Waals surface area (Å²) in [6.45, 7) is 2.09. The topological polar surface area (TPSA) is 36.4 Å². The molecule has 2 N–H and O–H groups in total. The van der Waals surface area contributed by atoms with Crippen LogP contribution in [-0.2, 0) is 0 Å². The van der Waals surface area contributed by atoms with Gasteiger partial charge in [0.2, 0.25) is 0 Å². The molecule has 1 aliphatic rings. The van der Waals surface area contributed by atoms with Crippen molar-refractivity contribution in [3.63, 3.8) is 0 Å². The van der Waals surface area contributed by atoms with Crippen LogP contribution < -0.4 is 10.7 Å². The average molecular weight is 314 g/mol. The lowest BCUT2D eigenvalue weighted by Crippen LogP contribution is -2.24. The zero-order valence-electron chi connectivity index (χ0n) is 10.3. The van der Waals surface area contributed by atoms with Crippen LogP contribution in [0.3, 0.4) is 0 Å². The molecule has 0 amide bonds. The first-order valence-corrected chi connectivity index (χ1v) is 6.97. The Kier molecular flexibility index (Phi) is 4.80. The molecule has 100 valence electrons. The second kappa shape index (κ2) is 6.37. The zero-order chi connectivity index (χ0) is 13.8. The molecule has 2 rings (SSSR count). The number of allylic oxidation sites excluding steroid dienone is 2. The van der Waals surface area contributed by atoms with E-state index in [0.717, 1.165) is 24.2 Å². The van der Waals surface area contributed by atoms with Crippen molar-refractivity contribution in [1.82, 2.24) is 5.43 Å². The van der Waals surface area contributed by atoms with E-state index in [0.29, 0.717) is 15.2 Å². The van der Waals surface area contributed by atoms with E-state index in [9.17, 15) is 0 Å². The van der Waals surface area contributed by atoms with Crippen LogP contribution in [0.15, 0.2) is 34.9 Å². The van der Waals surface area contributed by atoms with Gasteiger partial charge in [0.05, 0.1) is 15.8 Å². The fraction of sp³-hybridized carbons (Fsp3) is 0.231. The number of thiocarbonyl (C=S) groups is 1. The van der Waals surface area contributed by atoms with E-state index in [-0.39, 0.29) is 0 Å². The molecule has 0 atom stereocenters. The van der Waals surface area contributed by atoms with Gasteiger partial charge in [-0.1, -0.05) is 28.8 Å². The van der Waals surface area contributed by atoms with Gasteiger partial charge in [0, 0.05) is 5.69 Å². The standard InChI is InChI=1S/C13H13Cl2N3S/c1-8-2-3-10(6-8)17-18-13(19)16-9-4-5-11(14)12(15)7-9/h4-7H,2-3H2,1H3,(H2,16,18,19)/b17-10+. The van der Waals surface area contributed by atoms with Crippen LogP contribution in [0.5, 0.6) is 0 Å². The molecule has 0 aliphatic heterocycles. The molecule has 1 aromatic carbocycles. The number of hydrazone groups is 1. The number of nitrogens with zero attached hydrogens (tertiary/aromatic N) is 1. The smallest absolute Gasteiger partial charge is 0.191 e. The molecule has 1 aromatic rings. The molecule has 0 unspecified atom stereocenters. The second-order valence-corrected chi connectivity index (χ2v) is 5.51. The summed E-state index contributed by atoms with van der Waals surface area (Å²) in [6, 6.07) is 5.23. The molecule has 0 aromatic heterocycles. The SMILES string of the molecule is CC1=C/C(=N/NC(=S)Nc2ccc(Cl)c(Cl)c2)CC1. The first kappa shape index (κ1) is 14.3. The number of hydrogen-bond donors (Lipinski definition) is 2. The van der Waals surface area contributed by atoms with Crippen molar-refractivity contribution in [2.75, 3.05) is 5.32 Å². The van der Waals surface area contributed by atoms with Gasteiger partial charge in [0.1, 0.15) is 0 Å². The van der Waals surface area contributed by atoms with Gasteiger partial charge in [0.25, 0.3) is 0 Å². The van der Waals surface area contributed by atoms with Gasteiger partial charge in [-0.2, -0.15) is 5.10 Å². The molecule has 1 aliphatic carbocycles. The van der Waals surface area contributed by atoms with Crippen molar-refractivity contribution in [2.45, 2.75) is 19.8 Å². The van der Waals surface area contributed by atoms with E-state index >= 15 is 0 Å². The normalized spacial score (nSPS) is 16.4. The van der Waals surface area contributed by atoms with Crippen molar-refractivity contribution in [3.8, 4) is 0 Å². The lowest BCUT2D eigenvalue weighted by Gasteiger charge is -2.08. The van der Waals surface area contributed by atoms with E-state index < -0.39 is 0 Å². The largest absolute Gasteiger partial charge is 0.331 e. The molecule has 0 heterocycles. The van der Waals surface area contributed by atoms with Gasteiger partial charge in [-0.05, 0) is 56.3 Å². The van der Waals surface area contributed by atoms with Crippen molar-refractivity contribution < 1.29 is 0 Å². The Hall–Kier alpha value is -1.10. The molecule has 6 heteroatoms. The molecule has 0 fully saturated rings. The Morgan fingerprint density at radius 1 is 1.26 bits per heavy atom. The second-order valence-electron chi connectivity index (χ2n) is 4.29. The highest BCUT2D eigenvalue weighted by atomic mass is 35.5. The molecule has 0 saturated carbocycles. The average Bonchev–Trinajstić information content (AvgIpc) is 2.77. The van der Waals surface area contributed by atoms with E-state index in [1.807, 2.05) is 0 Å². The lowest BCUT2D eigenvalue weighted by molar-refractivity contribution is 1.00. The Bertz CT molecular complexity index is 567. The lowest BCUT2D eigenvalue weighted by atomic mass is 10.3. The van der Waals surface area contributed by atoms with Crippen molar-refractivity contribution in [3.05, 3.63) is 39.9 Å². The molecule has 0 saturated heterocycles. The van der Waals surface area contributed by atoms with Crippen molar-refractivity contribution in [1.29, 1.82) is 0 Å². The quantitative estimate of drug-likeness (QED) is 0.628. The molecule has 3 nitrogen and oxygen atoms in total. The summed E-state index contributed by atoms with van der Waals surface area (Å²) in [6.07, 6.45) is 4.08. The maximum Gasteiger partial charge on any atom is 0.191 e. The van der Waals surface area contributed by atoms with E-state index in [1.165, 1.54) is 5.57 Å². The summed E-state index contributed by atoms with van der Waals surface area (Å²) in [7, 11) is 0. The van der Waals surface area contributed by atoms with Crippen LogP contribution in [0.2, 0.25) is 10.0 Å². The fourth-order valence-corrected chi connectivity index (χ4v) is 2.16. The van der Waals surface area contributed by atoms with Crippen LogP contribution in [0.1, 0.15) is 19.8 Å². The molecule has 19 heavy (non-hydrogen) atoms. The maximum atomic E-state index is 5.92. The molecule has 0 spiro atoms. The number of benzene rings is 1. The van der Waals surface area contributed by atoms with Crippen molar-refractivity contribution >= 4 is 51.9 Å². The maximum absolute atomic E-state index is 5.92. The van der Waals surface area contributed by atoms with Gasteiger partial charge in [-0.15, -0.1) is 0 Å². The predicted octanol–water partition coefficient (Wildman–Crippen LogP) is 4.38. The predicted molar refractivity (Wildman–Crippen MR) is 86.2 cm³/mol. The number of rotatable bonds is 2. The van der Waals surface area contributed by atoms with Gasteiger partial charge in [-0.25, -0.2) is 0 Å². The number of hydrogen-bond acceptors (Lipinski definition) is 2. The highest BCUT2D eigenvalue weighted by Gasteiger charge is 2.07. The minimum absolute atomic E-state index is 0.420. The van der Waals surface area contributed by atoms with E-state index in [2.05, 4.69) is 28.8 Å². The summed E-state index contributed by atoms with van der Waals surface area (Å²) in [5.41, 5.74) is 5.93. The molecule has 0 bridgehead atoms. The molecular formula is C13H13Cl2N3S. The third-order valence-electron chi connectivity index (χ3n) is 2.67. The van der Waals surface area contributed by atoms with Gasteiger partial charge in [0.15, 0.2) is 5.11 Å². The third-order valence-corrected chi connectivity index (χ3v) is 3.60. The number of nitrogens with one attached hydrogen (secondary N) is 2. The highest BCUT2D eigenvalue weighted by molar-refractivity contribution is 7.80. The molecule has 0 radical (unpaired) electrons. The van der Waals surface area contributed by atoms with Crippen LogP contribution in [0, 0.1) is 0 Å². The van der Waals surface area contributed by atoms with Gasteiger partial charge in [-0.3, -0.25) is 5.43 Å². The first-order chi connectivity index (χ1) is 9.04. The van der Waals surface area contributed by atoms with Crippen LogP contribution in [-0.4, -0.2) is 10.8 Å². The summed E-state index contributed by atoms with van der Waals surface area (Å²) in [5, 5.41) is 8.65. The number of halogens is 2. The summed E-state index contributed by atoms with van der Waals surface area (Å²) in [5.74, 6) is 0. The Balaban J connectivity index is 1.92. The van der Waals surface area contributed by atoms with E-state index in [1.54, 1.807) is 18.2 Å². The summed E-state index contributed by atoms with van der Waals surface area (Å²) < 4.78 is 0. The zero-order valence-corrected chi connectivity index (χ0v) is 12.7. The van der Waals surface area contributed by atoms with Gasteiger partial charge < -0.3 is 5.32 Å². The van der Waals surface area contributed by atoms with Crippen LogP contribution in [0.4, 0.5) is 5.69 Å². The minimum atomic E-state index is 0.420. The minimum Gasteiger partial charge on any atom is -0.331 e.